The predicted molar refractivity (Wildman–Crippen MR) is 92.2 cm³/mol. The molecule has 0 radical (unpaired) electrons. The summed E-state index contributed by atoms with van der Waals surface area (Å²) in [6.45, 7) is 0.625. The summed E-state index contributed by atoms with van der Waals surface area (Å²) in [6.07, 6.45) is 5.93. The summed E-state index contributed by atoms with van der Waals surface area (Å²) < 4.78 is 13.4. The molecule has 4 N–H and O–H groups in total. The van der Waals surface area contributed by atoms with Crippen molar-refractivity contribution in [2.45, 2.75) is 44.6 Å². The van der Waals surface area contributed by atoms with Crippen LogP contribution in [-0.4, -0.2) is 24.4 Å². The summed E-state index contributed by atoms with van der Waals surface area (Å²) in [6, 6.07) is 3.85. The van der Waals surface area contributed by atoms with Crippen LogP contribution in [0, 0.1) is 11.7 Å². The average Bonchev–Trinajstić information content (AvgIpc) is 2.57. The fraction of sp³-hybridized carbons (Fsp3) is 0.529. The van der Waals surface area contributed by atoms with Gasteiger partial charge in [-0.05, 0) is 56.3 Å². The SMILES string of the molecule is NCCCC1CCCCC1NC(=O)C(=O)Nc1ccc(Cl)c(F)c1. The highest BCUT2D eigenvalue weighted by Crippen LogP contribution is 2.28. The van der Waals surface area contributed by atoms with Gasteiger partial charge in [-0.1, -0.05) is 24.4 Å². The molecule has 1 aromatic carbocycles. The second kappa shape index (κ2) is 8.99. The van der Waals surface area contributed by atoms with Gasteiger partial charge in [0.15, 0.2) is 0 Å². The first-order valence-electron chi connectivity index (χ1n) is 8.28. The van der Waals surface area contributed by atoms with E-state index in [4.69, 9.17) is 17.3 Å². The molecule has 0 heterocycles. The Kier molecular flexibility index (Phi) is 6.99. The molecule has 0 aromatic heterocycles. The molecule has 1 aromatic rings. The third-order valence-corrected chi connectivity index (χ3v) is 4.69. The molecular formula is C17H23ClFN3O2. The van der Waals surface area contributed by atoms with E-state index in [-0.39, 0.29) is 16.8 Å². The number of nitrogens with two attached hydrogens (primary N) is 1. The van der Waals surface area contributed by atoms with Crippen molar-refractivity contribution in [3.05, 3.63) is 29.0 Å². The number of anilines is 1. The first kappa shape index (κ1) is 18.7. The van der Waals surface area contributed by atoms with Crippen LogP contribution in [0.1, 0.15) is 38.5 Å². The normalized spacial score (nSPS) is 20.5. The highest BCUT2D eigenvalue weighted by atomic mass is 35.5. The van der Waals surface area contributed by atoms with Crippen LogP contribution in [0.2, 0.25) is 5.02 Å². The third kappa shape index (κ3) is 5.18. The Morgan fingerprint density at radius 3 is 2.71 bits per heavy atom. The van der Waals surface area contributed by atoms with Crippen LogP contribution in [0.4, 0.5) is 10.1 Å². The van der Waals surface area contributed by atoms with E-state index in [0.717, 1.165) is 44.6 Å². The molecule has 0 bridgehead atoms. The molecule has 24 heavy (non-hydrogen) atoms. The van der Waals surface area contributed by atoms with E-state index in [1.807, 2.05) is 0 Å². The lowest BCUT2D eigenvalue weighted by molar-refractivity contribution is -0.137. The van der Waals surface area contributed by atoms with Crippen molar-refractivity contribution in [3.63, 3.8) is 0 Å². The second-order valence-electron chi connectivity index (χ2n) is 6.14. The van der Waals surface area contributed by atoms with Crippen molar-refractivity contribution in [1.29, 1.82) is 0 Å². The zero-order chi connectivity index (χ0) is 17.5. The Hall–Kier alpha value is -1.66. The number of hydrogen-bond acceptors (Lipinski definition) is 3. The summed E-state index contributed by atoms with van der Waals surface area (Å²) >= 11 is 5.59. The molecule has 2 rings (SSSR count). The number of amides is 2. The first-order chi connectivity index (χ1) is 11.5. The lowest BCUT2D eigenvalue weighted by atomic mass is 9.81. The fourth-order valence-corrected chi connectivity index (χ4v) is 3.24. The number of rotatable bonds is 5. The van der Waals surface area contributed by atoms with Crippen LogP contribution < -0.4 is 16.4 Å². The van der Waals surface area contributed by atoms with Crippen molar-refractivity contribution < 1.29 is 14.0 Å². The molecule has 7 heteroatoms. The van der Waals surface area contributed by atoms with Crippen LogP contribution in [-0.2, 0) is 9.59 Å². The number of carbonyl (C=O) groups is 2. The Bertz CT molecular complexity index is 597. The lowest BCUT2D eigenvalue weighted by Gasteiger charge is -2.32. The number of halogens is 2. The Balaban J connectivity index is 1.92. The predicted octanol–water partition coefficient (Wildman–Crippen LogP) is 2.83. The van der Waals surface area contributed by atoms with Crippen LogP contribution in [0.5, 0.6) is 0 Å². The van der Waals surface area contributed by atoms with E-state index in [0.29, 0.717) is 12.5 Å². The van der Waals surface area contributed by atoms with Gasteiger partial charge >= 0.3 is 11.8 Å². The van der Waals surface area contributed by atoms with Crippen LogP contribution in [0.3, 0.4) is 0 Å². The maximum absolute atomic E-state index is 13.4. The molecule has 1 saturated carbocycles. The van der Waals surface area contributed by atoms with Gasteiger partial charge in [0.1, 0.15) is 5.82 Å². The summed E-state index contributed by atoms with van der Waals surface area (Å²) in [4.78, 5) is 24.1. The maximum Gasteiger partial charge on any atom is 0.313 e. The number of carbonyl (C=O) groups excluding carboxylic acids is 2. The molecule has 2 unspecified atom stereocenters. The topological polar surface area (TPSA) is 84.2 Å². The van der Waals surface area contributed by atoms with Gasteiger partial charge in [0, 0.05) is 11.7 Å². The van der Waals surface area contributed by atoms with E-state index >= 15 is 0 Å². The van der Waals surface area contributed by atoms with Crippen molar-refractivity contribution in [2.75, 3.05) is 11.9 Å². The van der Waals surface area contributed by atoms with Crippen LogP contribution in [0.25, 0.3) is 0 Å². The summed E-state index contributed by atoms with van der Waals surface area (Å²) in [5.74, 6) is -1.80. The third-order valence-electron chi connectivity index (χ3n) is 4.39. The summed E-state index contributed by atoms with van der Waals surface area (Å²) in [5, 5.41) is 5.16. The van der Waals surface area contributed by atoms with E-state index < -0.39 is 17.6 Å². The van der Waals surface area contributed by atoms with Gasteiger partial charge < -0.3 is 16.4 Å². The number of nitrogens with one attached hydrogen (secondary N) is 2. The van der Waals surface area contributed by atoms with E-state index in [9.17, 15) is 14.0 Å². The lowest BCUT2D eigenvalue weighted by Crippen LogP contribution is -2.46. The van der Waals surface area contributed by atoms with Crippen LogP contribution >= 0.6 is 11.6 Å². The zero-order valence-electron chi connectivity index (χ0n) is 13.5. The minimum atomic E-state index is -0.806. The minimum Gasteiger partial charge on any atom is -0.345 e. The Morgan fingerprint density at radius 1 is 1.25 bits per heavy atom. The second-order valence-corrected chi connectivity index (χ2v) is 6.55. The molecule has 132 valence electrons. The van der Waals surface area contributed by atoms with Crippen molar-refractivity contribution in [1.82, 2.24) is 5.32 Å². The molecule has 5 nitrogen and oxygen atoms in total. The van der Waals surface area contributed by atoms with Gasteiger partial charge in [-0.3, -0.25) is 9.59 Å². The largest absolute Gasteiger partial charge is 0.345 e. The van der Waals surface area contributed by atoms with Gasteiger partial charge in [0.05, 0.1) is 5.02 Å². The van der Waals surface area contributed by atoms with Gasteiger partial charge in [-0.15, -0.1) is 0 Å². The molecule has 2 atom stereocenters. The van der Waals surface area contributed by atoms with Crippen molar-refractivity contribution in [2.24, 2.45) is 11.7 Å². The first-order valence-corrected chi connectivity index (χ1v) is 8.66. The molecule has 1 fully saturated rings. The van der Waals surface area contributed by atoms with Gasteiger partial charge in [-0.2, -0.15) is 0 Å². The van der Waals surface area contributed by atoms with Crippen molar-refractivity contribution in [3.8, 4) is 0 Å². The van der Waals surface area contributed by atoms with Crippen LogP contribution in [0.15, 0.2) is 18.2 Å². The van der Waals surface area contributed by atoms with Crippen molar-refractivity contribution >= 4 is 29.1 Å². The maximum atomic E-state index is 13.4. The monoisotopic (exact) mass is 355 g/mol. The van der Waals surface area contributed by atoms with Gasteiger partial charge in [0.25, 0.3) is 0 Å². The van der Waals surface area contributed by atoms with E-state index in [1.54, 1.807) is 0 Å². The highest BCUT2D eigenvalue weighted by Gasteiger charge is 2.28. The smallest absolute Gasteiger partial charge is 0.313 e. The number of benzene rings is 1. The molecule has 1 aliphatic rings. The molecule has 0 spiro atoms. The minimum absolute atomic E-state index is 0.00879. The average molecular weight is 356 g/mol. The quantitative estimate of drug-likeness (QED) is 0.710. The highest BCUT2D eigenvalue weighted by molar-refractivity contribution is 6.39. The molecule has 0 saturated heterocycles. The number of hydrogen-bond donors (Lipinski definition) is 3. The molecule has 0 aliphatic heterocycles. The zero-order valence-corrected chi connectivity index (χ0v) is 14.2. The Labute approximate surface area is 146 Å². The van der Waals surface area contributed by atoms with Gasteiger partial charge in [0.2, 0.25) is 0 Å². The standard InChI is InChI=1S/C17H23ClFN3O2/c18-13-8-7-12(10-14(13)19)21-16(23)17(24)22-15-6-2-1-4-11(15)5-3-9-20/h7-8,10-11,15H,1-6,9,20H2,(H,21,23)(H,22,24). The molecular weight excluding hydrogens is 333 g/mol. The summed E-state index contributed by atoms with van der Waals surface area (Å²) in [5.41, 5.74) is 5.75. The van der Waals surface area contributed by atoms with Gasteiger partial charge in [-0.25, -0.2) is 4.39 Å². The fourth-order valence-electron chi connectivity index (χ4n) is 3.12. The summed E-state index contributed by atoms with van der Waals surface area (Å²) in [7, 11) is 0. The Morgan fingerprint density at radius 2 is 2.00 bits per heavy atom. The van der Waals surface area contributed by atoms with E-state index in [1.165, 1.54) is 12.1 Å². The van der Waals surface area contributed by atoms with E-state index in [2.05, 4.69) is 10.6 Å². The molecule has 1 aliphatic carbocycles. The molecule has 2 amide bonds.